The van der Waals surface area contributed by atoms with Gasteiger partial charge in [-0.05, 0) is 50.5 Å². The van der Waals surface area contributed by atoms with Crippen molar-refractivity contribution in [2.24, 2.45) is 5.73 Å². The summed E-state index contributed by atoms with van der Waals surface area (Å²) in [5.74, 6) is 0. The third-order valence-corrected chi connectivity index (χ3v) is 3.72. The molecule has 0 bridgehead atoms. The molecule has 5 heteroatoms. The zero-order chi connectivity index (χ0) is 14.9. The Morgan fingerprint density at radius 2 is 2.15 bits per heavy atom. The van der Waals surface area contributed by atoms with E-state index in [-0.39, 0.29) is 12.1 Å². The molecule has 1 aromatic carbocycles. The number of hydrogen-bond donors (Lipinski definition) is 1. The van der Waals surface area contributed by atoms with E-state index in [0.717, 1.165) is 16.5 Å². The minimum atomic E-state index is -0.483. The van der Waals surface area contributed by atoms with E-state index < -0.39 is 5.60 Å². The van der Waals surface area contributed by atoms with Crippen LogP contribution in [-0.2, 0) is 11.2 Å². The number of carbonyl (C=O) groups excluding carboxylic acids is 1. The first-order valence-corrected chi connectivity index (χ1v) is 7.57. The third-order valence-electron chi connectivity index (χ3n) is 3.22. The molecule has 0 radical (unpaired) electrons. The molecule has 0 aromatic heterocycles. The van der Waals surface area contributed by atoms with E-state index in [1.54, 1.807) is 4.90 Å². The summed E-state index contributed by atoms with van der Waals surface area (Å²) in [4.78, 5) is 13.9. The molecule has 4 nitrogen and oxygen atoms in total. The molecule has 1 aliphatic heterocycles. The molecule has 20 heavy (non-hydrogen) atoms. The molecular formula is C15H21BrN2O2. The van der Waals surface area contributed by atoms with Gasteiger partial charge in [0.2, 0.25) is 0 Å². The lowest BCUT2D eigenvalue weighted by molar-refractivity contribution is 0.0246. The molecule has 1 amide bonds. The van der Waals surface area contributed by atoms with Crippen LogP contribution in [0.15, 0.2) is 22.7 Å². The summed E-state index contributed by atoms with van der Waals surface area (Å²) < 4.78 is 6.46. The maximum atomic E-state index is 12.2. The van der Waals surface area contributed by atoms with Crippen molar-refractivity contribution in [1.29, 1.82) is 0 Å². The van der Waals surface area contributed by atoms with E-state index in [1.165, 1.54) is 5.56 Å². The van der Waals surface area contributed by atoms with Crippen molar-refractivity contribution in [3.05, 3.63) is 33.8 Å². The highest BCUT2D eigenvalue weighted by Crippen LogP contribution is 2.26. The van der Waals surface area contributed by atoms with Crippen LogP contribution in [0.3, 0.4) is 0 Å². The summed E-state index contributed by atoms with van der Waals surface area (Å²) in [6.45, 7) is 6.73. The number of hydrogen-bond acceptors (Lipinski definition) is 3. The lowest BCUT2D eigenvalue weighted by Gasteiger charge is -2.27. The Hall–Kier alpha value is -1.07. The molecular weight excluding hydrogens is 320 g/mol. The molecule has 2 rings (SSSR count). The molecule has 2 N–H and O–H groups in total. The maximum absolute atomic E-state index is 12.2. The predicted molar refractivity (Wildman–Crippen MR) is 82.6 cm³/mol. The normalized spacial score (nSPS) is 19.2. The molecule has 1 atom stereocenters. The van der Waals surface area contributed by atoms with Gasteiger partial charge in [0.15, 0.2) is 0 Å². The van der Waals surface area contributed by atoms with Gasteiger partial charge in [-0.2, -0.15) is 0 Å². The van der Waals surface area contributed by atoms with Crippen LogP contribution in [0.5, 0.6) is 0 Å². The number of amides is 1. The van der Waals surface area contributed by atoms with Crippen molar-refractivity contribution in [3.63, 3.8) is 0 Å². The van der Waals surface area contributed by atoms with Crippen LogP contribution in [-0.4, -0.2) is 29.7 Å². The smallest absolute Gasteiger partial charge is 0.410 e. The number of benzene rings is 1. The fraction of sp³-hybridized carbons (Fsp3) is 0.533. The second-order valence-electron chi connectivity index (χ2n) is 6.13. The topological polar surface area (TPSA) is 55.6 Å². The van der Waals surface area contributed by atoms with Crippen LogP contribution >= 0.6 is 15.9 Å². The second kappa shape index (κ2) is 5.74. The first-order valence-electron chi connectivity index (χ1n) is 6.78. The molecule has 1 aliphatic rings. The van der Waals surface area contributed by atoms with E-state index in [9.17, 15) is 4.79 Å². The molecule has 0 saturated carbocycles. The maximum Gasteiger partial charge on any atom is 0.410 e. The van der Waals surface area contributed by atoms with Crippen molar-refractivity contribution in [3.8, 4) is 0 Å². The van der Waals surface area contributed by atoms with Gasteiger partial charge in [-0.15, -0.1) is 0 Å². The van der Waals surface area contributed by atoms with E-state index in [0.29, 0.717) is 13.1 Å². The molecule has 0 aliphatic carbocycles. The van der Waals surface area contributed by atoms with Gasteiger partial charge in [0.05, 0.1) is 0 Å². The summed E-state index contributed by atoms with van der Waals surface area (Å²) in [5, 5.41) is 0. The Bertz CT molecular complexity index is 511. The number of rotatable bonds is 0. The Labute approximate surface area is 128 Å². The summed E-state index contributed by atoms with van der Waals surface area (Å²) in [5.41, 5.74) is 8.04. The van der Waals surface area contributed by atoms with Crippen LogP contribution in [0.2, 0.25) is 0 Å². The summed E-state index contributed by atoms with van der Waals surface area (Å²) in [7, 11) is 0. The zero-order valence-corrected chi connectivity index (χ0v) is 13.7. The van der Waals surface area contributed by atoms with Crippen LogP contribution in [0.4, 0.5) is 4.79 Å². The lowest BCUT2D eigenvalue weighted by Crippen LogP contribution is -2.40. The number of halogens is 1. The third kappa shape index (κ3) is 3.73. The van der Waals surface area contributed by atoms with E-state index in [2.05, 4.69) is 22.0 Å². The molecule has 1 heterocycles. The first-order chi connectivity index (χ1) is 9.26. The highest BCUT2D eigenvalue weighted by atomic mass is 79.9. The Morgan fingerprint density at radius 3 is 2.80 bits per heavy atom. The Kier molecular flexibility index (Phi) is 4.39. The van der Waals surface area contributed by atoms with Gasteiger partial charge in [0.1, 0.15) is 5.60 Å². The van der Waals surface area contributed by atoms with Crippen molar-refractivity contribution in [2.45, 2.75) is 38.8 Å². The van der Waals surface area contributed by atoms with Gasteiger partial charge >= 0.3 is 6.09 Å². The van der Waals surface area contributed by atoms with Gasteiger partial charge in [0.25, 0.3) is 0 Å². The molecule has 0 fully saturated rings. The standard InChI is InChI=1S/C15H21BrN2O2/c1-15(2,3)20-14(19)18-7-6-10-8-11(16)4-5-12(10)13(17)9-18/h4-5,8,13H,6-7,9,17H2,1-3H3. The van der Waals surface area contributed by atoms with Crippen LogP contribution in [0.1, 0.15) is 37.9 Å². The number of carbonyl (C=O) groups is 1. The van der Waals surface area contributed by atoms with Crippen molar-refractivity contribution in [2.75, 3.05) is 13.1 Å². The van der Waals surface area contributed by atoms with Crippen LogP contribution in [0.25, 0.3) is 0 Å². The fourth-order valence-corrected chi connectivity index (χ4v) is 2.74. The van der Waals surface area contributed by atoms with E-state index in [1.807, 2.05) is 32.9 Å². The predicted octanol–water partition coefficient (Wildman–Crippen LogP) is 3.24. The van der Waals surface area contributed by atoms with Gasteiger partial charge in [0, 0.05) is 23.6 Å². The van der Waals surface area contributed by atoms with Crippen molar-refractivity contribution >= 4 is 22.0 Å². The fourth-order valence-electron chi connectivity index (χ4n) is 2.33. The minimum absolute atomic E-state index is 0.173. The highest BCUT2D eigenvalue weighted by molar-refractivity contribution is 9.10. The van der Waals surface area contributed by atoms with Gasteiger partial charge in [-0.1, -0.05) is 22.0 Å². The minimum Gasteiger partial charge on any atom is -0.444 e. The zero-order valence-electron chi connectivity index (χ0n) is 12.1. The van der Waals surface area contributed by atoms with Crippen LogP contribution in [0, 0.1) is 0 Å². The summed E-state index contributed by atoms with van der Waals surface area (Å²) in [6, 6.07) is 5.92. The number of fused-ring (bicyclic) bond motifs is 1. The Balaban J connectivity index is 2.15. The molecule has 1 unspecified atom stereocenters. The van der Waals surface area contributed by atoms with Gasteiger partial charge in [-0.25, -0.2) is 4.79 Å². The molecule has 0 saturated heterocycles. The lowest BCUT2D eigenvalue weighted by atomic mass is 10.0. The van der Waals surface area contributed by atoms with E-state index >= 15 is 0 Å². The highest BCUT2D eigenvalue weighted by Gasteiger charge is 2.27. The summed E-state index contributed by atoms with van der Waals surface area (Å²) >= 11 is 3.47. The first kappa shape index (κ1) is 15.3. The molecule has 110 valence electrons. The van der Waals surface area contributed by atoms with Gasteiger partial charge in [-0.3, -0.25) is 0 Å². The largest absolute Gasteiger partial charge is 0.444 e. The van der Waals surface area contributed by atoms with E-state index in [4.69, 9.17) is 10.5 Å². The molecule has 0 spiro atoms. The Morgan fingerprint density at radius 1 is 1.45 bits per heavy atom. The van der Waals surface area contributed by atoms with Crippen molar-refractivity contribution < 1.29 is 9.53 Å². The SMILES string of the molecule is CC(C)(C)OC(=O)N1CCc2cc(Br)ccc2C(N)C1. The van der Waals surface area contributed by atoms with Crippen LogP contribution < -0.4 is 5.73 Å². The number of nitrogens with two attached hydrogens (primary N) is 1. The number of ether oxygens (including phenoxy) is 1. The molecule has 1 aromatic rings. The summed E-state index contributed by atoms with van der Waals surface area (Å²) in [6.07, 6.45) is 0.502. The monoisotopic (exact) mass is 340 g/mol. The second-order valence-corrected chi connectivity index (χ2v) is 7.04. The number of nitrogens with zero attached hydrogens (tertiary/aromatic N) is 1. The average molecular weight is 341 g/mol. The average Bonchev–Trinajstić information content (AvgIpc) is 2.46. The van der Waals surface area contributed by atoms with Gasteiger partial charge < -0.3 is 15.4 Å². The quantitative estimate of drug-likeness (QED) is 0.788. The van der Waals surface area contributed by atoms with Crippen molar-refractivity contribution in [1.82, 2.24) is 4.90 Å².